The highest BCUT2D eigenvalue weighted by atomic mass is 16.3. The minimum Gasteiger partial charge on any atom is -0.508 e. The van der Waals surface area contributed by atoms with Gasteiger partial charge in [-0.05, 0) is 28.0 Å². The Morgan fingerprint density at radius 2 is 1.59 bits per heavy atom. The van der Waals surface area contributed by atoms with Crippen LogP contribution in [0.1, 0.15) is 22.6 Å². The van der Waals surface area contributed by atoms with Crippen LogP contribution in [-0.2, 0) is 0 Å². The van der Waals surface area contributed by atoms with Crippen LogP contribution in [0.25, 0.3) is 16.8 Å². The molecule has 0 spiro atoms. The van der Waals surface area contributed by atoms with Crippen LogP contribution in [0.5, 0.6) is 5.75 Å². The van der Waals surface area contributed by atoms with Crippen LogP contribution in [0.4, 0.5) is 0 Å². The standard InChI is InChI=1S/C20H16O2/c21-17-11-9-13-5-1-3-7-15(13)19(17)20-16-8-4-2-6-14(16)10-12-18(20)22/h1-12,17,19,21-22H. The van der Waals surface area contributed by atoms with E-state index >= 15 is 0 Å². The predicted molar refractivity (Wildman–Crippen MR) is 88.9 cm³/mol. The fourth-order valence-electron chi connectivity index (χ4n) is 3.38. The second-order valence-electron chi connectivity index (χ2n) is 5.68. The van der Waals surface area contributed by atoms with Crippen molar-refractivity contribution in [3.05, 3.63) is 83.4 Å². The van der Waals surface area contributed by atoms with E-state index in [0.29, 0.717) is 0 Å². The molecular weight excluding hydrogens is 272 g/mol. The maximum absolute atomic E-state index is 10.6. The van der Waals surface area contributed by atoms with Gasteiger partial charge in [0, 0.05) is 11.5 Å². The maximum atomic E-state index is 10.6. The Hall–Kier alpha value is -2.58. The first kappa shape index (κ1) is 13.1. The highest BCUT2D eigenvalue weighted by Crippen LogP contribution is 2.42. The van der Waals surface area contributed by atoms with Crippen LogP contribution >= 0.6 is 0 Å². The van der Waals surface area contributed by atoms with Crippen molar-refractivity contribution in [2.75, 3.05) is 0 Å². The first-order valence-corrected chi connectivity index (χ1v) is 7.41. The second kappa shape index (κ2) is 5.00. The number of hydrogen-bond donors (Lipinski definition) is 2. The Bertz CT molecular complexity index is 880. The summed E-state index contributed by atoms with van der Waals surface area (Å²) in [5.74, 6) is -0.0276. The van der Waals surface area contributed by atoms with Gasteiger partial charge in [-0.1, -0.05) is 66.7 Å². The number of aromatic hydroxyl groups is 1. The molecule has 0 bridgehead atoms. The zero-order chi connectivity index (χ0) is 15.1. The average molecular weight is 288 g/mol. The highest BCUT2D eigenvalue weighted by Gasteiger charge is 2.29. The van der Waals surface area contributed by atoms with Gasteiger partial charge in [0.1, 0.15) is 5.75 Å². The van der Waals surface area contributed by atoms with Crippen LogP contribution in [-0.4, -0.2) is 16.3 Å². The van der Waals surface area contributed by atoms with Gasteiger partial charge in [0.15, 0.2) is 0 Å². The van der Waals surface area contributed by atoms with Crippen LogP contribution in [0.15, 0.2) is 66.7 Å². The molecule has 4 rings (SSSR count). The molecule has 0 aromatic heterocycles. The third kappa shape index (κ3) is 1.92. The van der Waals surface area contributed by atoms with Crippen molar-refractivity contribution in [1.82, 2.24) is 0 Å². The van der Waals surface area contributed by atoms with Gasteiger partial charge in [0.2, 0.25) is 0 Å². The third-order valence-corrected chi connectivity index (χ3v) is 4.40. The van der Waals surface area contributed by atoms with E-state index in [-0.39, 0.29) is 11.7 Å². The molecule has 0 saturated carbocycles. The van der Waals surface area contributed by atoms with Gasteiger partial charge in [-0.25, -0.2) is 0 Å². The van der Waals surface area contributed by atoms with Crippen molar-refractivity contribution >= 4 is 16.8 Å². The van der Waals surface area contributed by atoms with E-state index in [1.54, 1.807) is 12.1 Å². The van der Waals surface area contributed by atoms with E-state index in [9.17, 15) is 10.2 Å². The highest BCUT2D eigenvalue weighted by molar-refractivity contribution is 5.89. The molecule has 2 unspecified atom stereocenters. The van der Waals surface area contributed by atoms with Gasteiger partial charge < -0.3 is 10.2 Å². The van der Waals surface area contributed by atoms with E-state index in [4.69, 9.17) is 0 Å². The zero-order valence-electron chi connectivity index (χ0n) is 12.0. The summed E-state index contributed by atoms with van der Waals surface area (Å²) < 4.78 is 0. The first-order chi connectivity index (χ1) is 10.8. The normalized spacial score (nSPS) is 20.0. The van der Waals surface area contributed by atoms with E-state index < -0.39 is 6.10 Å². The zero-order valence-corrected chi connectivity index (χ0v) is 12.0. The number of benzene rings is 3. The number of hydrogen-bond acceptors (Lipinski definition) is 2. The topological polar surface area (TPSA) is 40.5 Å². The molecule has 0 radical (unpaired) electrons. The number of aliphatic hydroxyl groups excluding tert-OH is 1. The lowest BCUT2D eigenvalue weighted by molar-refractivity contribution is 0.202. The molecule has 0 aliphatic heterocycles. The SMILES string of the molecule is Oc1ccc2ccccc2c1C1c2ccccc2C=CC1O. The van der Waals surface area contributed by atoms with Crippen molar-refractivity contribution in [1.29, 1.82) is 0 Å². The molecule has 22 heavy (non-hydrogen) atoms. The minimum atomic E-state index is -0.647. The summed E-state index contributed by atoms with van der Waals surface area (Å²) >= 11 is 0. The molecule has 2 atom stereocenters. The Balaban J connectivity index is 2.03. The van der Waals surface area contributed by atoms with Crippen molar-refractivity contribution in [2.45, 2.75) is 12.0 Å². The van der Waals surface area contributed by atoms with Crippen molar-refractivity contribution in [3.8, 4) is 5.75 Å². The van der Waals surface area contributed by atoms with Crippen LogP contribution in [0, 0.1) is 0 Å². The summed E-state index contributed by atoms with van der Waals surface area (Å²) in [5, 5.41) is 23.1. The number of aliphatic hydroxyl groups is 1. The van der Waals surface area contributed by atoms with Crippen molar-refractivity contribution < 1.29 is 10.2 Å². The van der Waals surface area contributed by atoms with Crippen molar-refractivity contribution in [2.24, 2.45) is 0 Å². The number of rotatable bonds is 1. The molecule has 2 heteroatoms. The van der Waals surface area contributed by atoms with E-state index in [0.717, 1.165) is 27.5 Å². The minimum absolute atomic E-state index is 0.229. The Morgan fingerprint density at radius 3 is 2.50 bits per heavy atom. The molecule has 0 amide bonds. The smallest absolute Gasteiger partial charge is 0.120 e. The summed E-state index contributed by atoms with van der Waals surface area (Å²) in [6, 6.07) is 19.6. The summed E-state index contributed by atoms with van der Waals surface area (Å²) in [5.41, 5.74) is 2.93. The summed E-state index contributed by atoms with van der Waals surface area (Å²) in [7, 11) is 0. The Labute approximate surface area is 129 Å². The molecule has 2 nitrogen and oxygen atoms in total. The van der Waals surface area contributed by atoms with Gasteiger partial charge in [-0.15, -0.1) is 0 Å². The molecule has 3 aromatic carbocycles. The molecule has 0 saturated heterocycles. The Morgan fingerprint density at radius 1 is 0.818 bits per heavy atom. The van der Waals surface area contributed by atoms with Crippen LogP contribution in [0.3, 0.4) is 0 Å². The molecule has 1 aliphatic carbocycles. The lowest BCUT2D eigenvalue weighted by Crippen LogP contribution is -2.21. The van der Waals surface area contributed by atoms with Crippen LogP contribution < -0.4 is 0 Å². The predicted octanol–water partition coefficient (Wildman–Crippen LogP) is 4.07. The lowest BCUT2D eigenvalue weighted by atomic mass is 9.78. The van der Waals surface area contributed by atoms with E-state index in [1.807, 2.05) is 60.7 Å². The second-order valence-corrected chi connectivity index (χ2v) is 5.68. The molecule has 3 aromatic rings. The van der Waals surface area contributed by atoms with Gasteiger partial charge in [-0.3, -0.25) is 0 Å². The summed E-state index contributed by atoms with van der Waals surface area (Å²) in [6.07, 6.45) is 3.10. The number of fused-ring (bicyclic) bond motifs is 2. The van der Waals surface area contributed by atoms with Gasteiger partial charge in [0.25, 0.3) is 0 Å². The molecular formula is C20H16O2. The number of phenolic OH excluding ortho intramolecular Hbond substituents is 1. The van der Waals surface area contributed by atoms with Gasteiger partial charge in [0.05, 0.1) is 6.10 Å². The molecule has 108 valence electrons. The quantitative estimate of drug-likeness (QED) is 0.708. The summed E-state index contributed by atoms with van der Waals surface area (Å²) in [6.45, 7) is 0. The van der Waals surface area contributed by atoms with E-state index in [2.05, 4.69) is 0 Å². The Kier molecular flexibility index (Phi) is 2.98. The molecule has 2 N–H and O–H groups in total. The summed E-state index contributed by atoms with van der Waals surface area (Å²) in [4.78, 5) is 0. The maximum Gasteiger partial charge on any atom is 0.120 e. The first-order valence-electron chi connectivity index (χ1n) is 7.41. The fraction of sp³-hybridized carbons (Fsp3) is 0.100. The largest absolute Gasteiger partial charge is 0.508 e. The average Bonchev–Trinajstić information content (AvgIpc) is 2.56. The van der Waals surface area contributed by atoms with Gasteiger partial charge in [-0.2, -0.15) is 0 Å². The van der Waals surface area contributed by atoms with Crippen molar-refractivity contribution in [3.63, 3.8) is 0 Å². The fourth-order valence-corrected chi connectivity index (χ4v) is 3.38. The number of phenols is 1. The van der Waals surface area contributed by atoms with E-state index in [1.165, 1.54) is 0 Å². The van der Waals surface area contributed by atoms with Crippen LogP contribution in [0.2, 0.25) is 0 Å². The van der Waals surface area contributed by atoms with Gasteiger partial charge >= 0.3 is 0 Å². The third-order valence-electron chi connectivity index (χ3n) is 4.40. The molecule has 0 heterocycles. The lowest BCUT2D eigenvalue weighted by Gasteiger charge is -2.28. The molecule has 1 aliphatic rings. The monoisotopic (exact) mass is 288 g/mol. The molecule has 0 fully saturated rings.